The molecule has 6 nitrogen and oxygen atoms in total. The summed E-state index contributed by atoms with van der Waals surface area (Å²) in [6.45, 7) is 6.10. The predicted molar refractivity (Wildman–Crippen MR) is 108 cm³/mol. The minimum absolute atomic E-state index is 0.0334. The Balaban J connectivity index is 1.55. The van der Waals surface area contributed by atoms with Gasteiger partial charge in [0.2, 0.25) is 0 Å². The van der Waals surface area contributed by atoms with Gasteiger partial charge in [0, 0.05) is 16.8 Å². The smallest absolute Gasteiger partial charge is 0.282 e. The Labute approximate surface area is 165 Å². The lowest BCUT2D eigenvalue weighted by atomic mass is 10.1. The zero-order valence-electron chi connectivity index (χ0n) is 16.3. The molecule has 1 atom stereocenters. The number of quaternary nitrogens is 1. The molecule has 0 aliphatic carbocycles. The molecule has 1 aliphatic rings. The Bertz CT molecular complexity index is 858. The Hall–Kier alpha value is -2.99. The first-order valence-electron chi connectivity index (χ1n) is 9.56. The Morgan fingerprint density at radius 1 is 0.964 bits per heavy atom. The molecule has 1 heterocycles. The highest BCUT2D eigenvalue weighted by Crippen LogP contribution is 2.11. The number of anilines is 1. The van der Waals surface area contributed by atoms with Crippen LogP contribution in [0.3, 0.4) is 0 Å². The van der Waals surface area contributed by atoms with Gasteiger partial charge in [0.1, 0.15) is 0 Å². The van der Waals surface area contributed by atoms with Gasteiger partial charge in [-0.05, 0) is 38.1 Å². The average molecular weight is 380 g/mol. The van der Waals surface area contributed by atoms with Crippen LogP contribution in [0.5, 0.6) is 0 Å². The minimum Gasteiger partial charge on any atom is -0.327 e. The van der Waals surface area contributed by atoms with E-state index in [-0.39, 0.29) is 23.6 Å². The van der Waals surface area contributed by atoms with Gasteiger partial charge in [-0.2, -0.15) is 0 Å². The van der Waals surface area contributed by atoms with Crippen LogP contribution in [-0.4, -0.2) is 54.7 Å². The zero-order chi connectivity index (χ0) is 20.1. The maximum Gasteiger partial charge on any atom is 0.282 e. The maximum atomic E-state index is 12.6. The third-order valence-corrected chi connectivity index (χ3v) is 5.26. The molecule has 0 saturated carbocycles. The number of Topliss-reactive ketones (excluding diaryl/α,β-unsaturated/α-hetero) is 1. The first kappa shape index (κ1) is 19.8. The summed E-state index contributed by atoms with van der Waals surface area (Å²) in [4.78, 5) is 39.7. The van der Waals surface area contributed by atoms with Crippen molar-refractivity contribution in [2.75, 3.05) is 31.5 Å². The van der Waals surface area contributed by atoms with Crippen molar-refractivity contribution in [2.24, 2.45) is 0 Å². The van der Waals surface area contributed by atoms with Gasteiger partial charge in [0.25, 0.3) is 11.8 Å². The highest BCUT2D eigenvalue weighted by molar-refractivity contribution is 5.98. The molecule has 2 aromatic carbocycles. The molecule has 0 aromatic heterocycles. The van der Waals surface area contributed by atoms with Crippen molar-refractivity contribution in [1.82, 2.24) is 4.90 Å². The molecule has 2 amide bonds. The number of hydrogen-bond donors (Lipinski definition) is 2. The van der Waals surface area contributed by atoms with E-state index < -0.39 is 0 Å². The summed E-state index contributed by atoms with van der Waals surface area (Å²) in [6.07, 6.45) is 0. The van der Waals surface area contributed by atoms with E-state index >= 15 is 0 Å². The van der Waals surface area contributed by atoms with Crippen molar-refractivity contribution >= 4 is 23.3 Å². The Morgan fingerprint density at radius 3 is 2.25 bits per heavy atom. The lowest BCUT2D eigenvalue weighted by Crippen LogP contribution is -3.19. The number of piperazine rings is 1. The fourth-order valence-corrected chi connectivity index (χ4v) is 3.45. The van der Waals surface area contributed by atoms with Gasteiger partial charge in [-0.15, -0.1) is 0 Å². The fraction of sp³-hybridized carbons (Fsp3) is 0.318. The average Bonchev–Trinajstić information content (AvgIpc) is 2.73. The first-order valence-corrected chi connectivity index (χ1v) is 9.56. The lowest BCUT2D eigenvalue weighted by molar-refractivity contribution is -0.917. The predicted octanol–water partition coefficient (Wildman–Crippen LogP) is 1.26. The SMILES string of the molecule is CC(=O)c1cccc(NC(=O)[C@@H](C)[NH+]2CCN(C(=O)c3ccccc3)CC2)c1. The van der Waals surface area contributed by atoms with Gasteiger partial charge < -0.3 is 15.1 Å². The molecule has 2 aromatic rings. The molecule has 0 radical (unpaired) electrons. The van der Waals surface area contributed by atoms with Crippen molar-refractivity contribution < 1.29 is 19.3 Å². The third kappa shape index (κ3) is 4.64. The zero-order valence-corrected chi connectivity index (χ0v) is 16.3. The minimum atomic E-state index is -0.241. The number of hydrogen-bond acceptors (Lipinski definition) is 3. The van der Waals surface area contributed by atoms with Crippen LogP contribution in [0.1, 0.15) is 34.6 Å². The van der Waals surface area contributed by atoms with Crippen molar-refractivity contribution in [3.63, 3.8) is 0 Å². The van der Waals surface area contributed by atoms with Crippen LogP contribution in [0.25, 0.3) is 0 Å². The highest BCUT2D eigenvalue weighted by atomic mass is 16.2. The summed E-state index contributed by atoms with van der Waals surface area (Å²) < 4.78 is 0. The van der Waals surface area contributed by atoms with Crippen LogP contribution < -0.4 is 10.2 Å². The van der Waals surface area contributed by atoms with Crippen molar-refractivity contribution in [3.8, 4) is 0 Å². The number of amides is 2. The van der Waals surface area contributed by atoms with Crippen LogP contribution in [-0.2, 0) is 4.79 Å². The number of carbonyl (C=O) groups is 3. The molecule has 1 aliphatic heterocycles. The van der Waals surface area contributed by atoms with E-state index in [1.54, 1.807) is 24.3 Å². The normalized spacial score (nSPS) is 15.7. The quantitative estimate of drug-likeness (QED) is 0.767. The monoisotopic (exact) mass is 380 g/mol. The lowest BCUT2D eigenvalue weighted by Gasteiger charge is -2.34. The van der Waals surface area contributed by atoms with Crippen LogP contribution in [0.15, 0.2) is 54.6 Å². The summed E-state index contributed by atoms with van der Waals surface area (Å²) in [5.41, 5.74) is 1.90. The van der Waals surface area contributed by atoms with Gasteiger partial charge in [0.05, 0.1) is 26.2 Å². The molecule has 1 saturated heterocycles. The fourth-order valence-electron chi connectivity index (χ4n) is 3.45. The van der Waals surface area contributed by atoms with Gasteiger partial charge in [-0.25, -0.2) is 0 Å². The number of nitrogens with one attached hydrogen (secondary N) is 2. The van der Waals surface area contributed by atoms with Gasteiger partial charge in [-0.3, -0.25) is 14.4 Å². The summed E-state index contributed by atoms with van der Waals surface area (Å²) >= 11 is 0. The molecule has 0 bridgehead atoms. The highest BCUT2D eigenvalue weighted by Gasteiger charge is 2.31. The van der Waals surface area contributed by atoms with E-state index in [4.69, 9.17) is 0 Å². The molecular formula is C22H26N3O3+. The Kier molecular flexibility index (Phi) is 6.21. The molecule has 0 unspecified atom stereocenters. The van der Waals surface area contributed by atoms with E-state index in [1.165, 1.54) is 6.92 Å². The van der Waals surface area contributed by atoms with Crippen molar-refractivity contribution in [3.05, 3.63) is 65.7 Å². The second kappa shape index (κ2) is 8.80. The summed E-state index contributed by atoms with van der Waals surface area (Å²) in [7, 11) is 0. The topological polar surface area (TPSA) is 70.9 Å². The summed E-state index contributed by atoms with van der Waals surface area (Å²) in [5.74, 6) is -0.0784. The number of rotatable bonds is 5. The largest absolute Gasteiger partial charge is 0.327 e. The van der Waals surface area contributed by atoms with Gasteiger partial charge in [-0.1, -0.05) is 30.3 Å². The van der Waals surface area contributed by atoms with E-state index in [0.717, 1.165) is 18.0 Å². The molecular weight excluding hydrogens is 354 g/mol. The Morgan fingerprint density at radius 2 is 1.61 bits per heavy atom. The molecule has 6 heteroatoms. The third-order valence-electron chi connectivity index (χ3n) is 5.26. The summed E-state index contributed by atoms with van der Waals surface area (Å²) in [5, 5.41) is 2.90. The second-order valence-corrected chi connectivity index (χ2v) is 7.16. The van der Waals surface area contributed by atoms with Crippen molar-refractivity contribution in [1.29, 1.82) is 0 Å². The van der Waals surface area contributed by atoms with Gasteiger partial charge in [0.15, 0.2) is 11.8 Å². The van der Waals surface area contributed by atoms with Crippen LogP contribution in [0.4, 0.5) is 5.69 Å². The van der Waals surface area contributed by atoms with E-state index in [1.807, 2.05) is 42.2 Å². The standard InChI is InChI=1S/C22H25N3O3/c1-16(21(27)23-20-10-6-9-19(15-20)17(2)26)24-11-13-25(14-12-24)22(28)18-7-4-3-5-8-18/h3-10,15-16H,11-14H2,1-2H3,(H,23,27)/p+1/t16-/m1/s1. The first-order chi connectivity index (χ1) is 13.5. The summed E-state index contributed by atoms with van der Waals surface area (Å²) in [6, 6.07) is 16.0. The molecule has 146 valence electrons. The molecule has 0 spiro atoms. The van der Waals surface area contributed by atoms with Crippen LogP contribution in [0.2, 0.25) is 0 Å². The van der Waals surface area contributed by atoms with E-state index in [2.05, 4.69) is 5.32 Å². The number of benzene rings is 2. The van der Waals surface area contributed by atoms with E-state index in [9.17, 15) is 14.4 Å². The van der Waals surface area contributed by atoms with E-state index in [0.29, 0.717) is 29.9 Å². The number of carbonyl (C=O) groups excluding carboxylic acids is 3. The maximum absolute atomic E-state index is 12.6. The second-order valence-electron chi connectivity index (χ2n) is 7.16. The molecule has 1 fully saturated rings. The number of ketones is 1. The molecule has 3 rings (SSSR count). The van der Waals surface area contributed by atoms with Gasteiger partial charge >= 0.3 is 0 Å². The van der Waals surface area contributed by atoms with Crippen LogP contribution in [0, 0.1) is 0 Å². The molecule has 2 N–H and O–H groups in total. The van der Waals surface area contributed by atoms with Crippen molar-refractivity contribution in [2.45, 2.75) is 19.9 Å². The number of nitrogens with zero attached hydrogens (tertiary/aromatic N) is 1. The van der Waals surface area contributed by atoms with Crippen LogP contribution >= 0.6 is 0 Å². The molecule has 28 heavy (non-hydrogen) atoms.